The number of fused-ring (bicyclic) bond motifs is 1. The molecule has 0 aromatic heterocycles. The second-order valence-electron chi connectivity index (χ2n) is 7.89. The van der Waals surface area contributed by atoms with Crippen molar-refractivity contribution in [3.05, 3.63) is 0 Å². The Morgan fingerprint density at radius 2 is 1.90 bits per heavy atom. The number of aliphatic hydroxyl groups is 1. The fourth-order valence-corrected chi connectivity index (χ4v) is 5.26. The van der Waals surface area contributed by atoms with Crippen LogP contribution in [0, 0.1) is 5.92 Å². The van der Waals surface area contributed by atoms with Crippen LogP contribution in [0.1, 0.15) is 64.2 Å². The first kappa shape index (κ1) is 13.5. The lowest BCUT2D eigenvalue weighted by molar-refractivity contribution is 0.113. The maximum atomic E-state index is 9.91. The Morgan fingerprint density at radius 3 is 2.70 bits per heavy atom. The van der Waals surface area contributed by atoms with Crippen molar-refractivity contribution in [1.29, 1.82) is 0 Å². The lowest BCUT2D eigenvalue weighted by Crippen LogP contribution is -2.49. The number of nitrogens with one attached hydrogen (secondary N) is 1. The van der Waals surface area contributed by atoms with Crippen molar-refractivity contribution in [1.82, 2.24) is 10.2 Å². The average Bonchev–Trinajstić information content (AvgIpc) is 3.03. The minimum atomic E-state index is 0.0542. The van der Waals surface area contributed by atoms with Crippen LogP contribution in [0.25, 0.3) is 0 Å². The van der Waals surface area contributed by atoms with Gasteiger partial charge in [-0.1, -0.05) is 12.8 Å². The van der Waals surface area contributed by atoms with E-state index < -0.39 is 0 Å². The van der Waals surface area contributed by atoms with Crippen LogP contribution in [0.5, 0.6) is 0 Å². The Balaban J connectivity index is 1.42. The topological polar surface area (TPSA) is 35.5 Å². The molecule has 0 amide bonds. The molecule has 20 heavy (non-hydrogen) atoms. The molecule has 3 saturated carbocycles. The van der Waals surface area contributed by atoms with Crippen molar-refractivity contribution < 1.29 is 5.11 Å². The van der Waals surface area contributed by atoms with Crippen LogP contribution in [-0.4, -0.2) is 46.8 Å². The molecule has 3 aliphatic carbocycles. The van der Waals surface area contributed by atoms with E-state index in [-0.39, 0.29) is 5.54 Å². The van der Waals surface area contributed by atoms with Gasteiger partial charge in [-0.25, -0.2) is 0 Å². The number of aliphatic hydroxyl groups excluding tert-OH is 1. The van der Waals surface area contributed by atoms with Crippen molar-refractivity contribution in [2.24, 2.45) is 5.92 Å². The van der Waals surface area contributed by atoms with Gasteiger partial charge in [-0.05, 0) is 63.8 Å². The van der Waals surface area contributed by atoms with Crippen molar-refractivity contribution in [3.63, 3.8) is 0 Å². The molecule has 0 bridgehead atoms. The predicted octanol–water partition coefficient (Wildman–Crippen LogP) is 2.29. The summed E-state index contributed by atoms with van der Waals surface area (Å²) in [6.07, 6.45) is 13.5. The first-order valence-electron chi connectivity index (χ1n) is 8.94. The van der Waals surface area contributed by atoms with Crippen LogP contribution in [0.3, 0.4) is 0 Å². The fraction of sp³-hybridized carbons (Fsp3) is 1.00. The molecule has 2 N–H and O–H groups in total. The quantitative estimate of drug-likeness (QED) is 0.828. The first-order chi connectivity index (χ1) is 9.80. The molecular formula is C17H30N2O. The second kappa shape index (κ2) is 5.26. The molecule has 0 radical (unpaired) electrons. The van der Waals surface area contributed by atoms with Gasteiger partial charge < -0.3 is 10.4 Å². The lowest BCUT2D eigenvalue weighted by atomic mass is 9.85. The maximum absolute atomic E-state index is 9.91. The van der Waals surface area contributed by atoms with Gasteiger partial charge in [0.05, 0.1) is 6.61 Å². The van der Waals surface area contributed by atoms with Crippen molar-refractivity contribution in [2.45, 2.75) is 87.9 Å². The van der Waals surface area contributed by atoms with Crippen molar-refractivity contribution in [3.8, 4) is 0 Å². The minimum absolute atomic E-state index is 0.0542. The van der Waals surface area contributed by atoms with Gasteiger partial charge in [-0.2, -0.15) is 0 Å². The number of likely N-dealkylation sites (tertiary alicyclic amines) is 1. The number of hydrogen-bond acceptors (Lipinski definition) is 3. The second-order valence-corrected chi connectivity index (χ2v) is 7.89. The van der Waals surface area contributed by atoms with Crippen molar-refractivity contribution >= 4 is 0 Å². The summed E-state index contributed by atoms with van der Waals surface area (Å²) in [5.41, 5.74) is 0.0542. The minimum Gasteiger partial charge on any atom is -0.394 e. The van der Waals surface area contributed by atoms with Crippen LogP contribution < -0.4 is 5.32 Å². The van der Waals surface area contributed by atoms with Gasteiger partial charge >= 0.3 is 0 Å². The number of rotatable bonds is 4. The zero-order chi connectivity index (χ0) is 13.6. The summed E-state index contributed by atoms with van der Waals surface area (Å²) in [6, 6.07) is 2.33. The maximum Gasteiger partial charge on any atom is 0.0614 e. The van der Waals surface area contributed by atoms with Gasteiger partial charge in [0.15, 0.2) is 0 Å². The van der Waals surface area contributed by atoms with Crippen LogP contribution in [0.15, 0.2) is 0 Å². The third-order valence-electron chi connectivity index (χ3n) is 6.49. The largest absolute Gasteiger partial charge is 0.394 e. The SMILES string of the molecule is OCC1(NC2CC2)CCC(N2CCC3CCCCC32)C1. The Hall–Kier alpha value is -0.120. The van der Waals surface area contributed by atoms with E-state index in [1.165, 1.54) is 70.8 Å². The lowest BCUT2D eigenvalue weighted by Gasteiger charge is -2.37. The molecule has 3 nitrogen and oxygen atoms in total. The summed E-state index contributed by atoms with van der Waals surface area (Å²) < 4.78 is 0. The highest BCUT2D eigenvalue weighted by molar-refractivity contribution is 5.05. The van der Waals surface area contributed by atoms with Gasteiger partial charge in [0.1, 0.15) is 0 Å². The standard InChI is InChI=1S/C17H30N2O/c20-12-17(18-14-5-6-14)9-7-15(11-17)19-10-8-13-3-1-2-4-16(13)19/h13-16,18,20H,1-12H2. The molecule has 0 aromatic rings. The summed E-state index contributed by atoms with van der Waals surface area (Å²) in [6.45, 7) is 1.66. The number of hydrogen-bond donors (Lipinski definition) is 2. The first-order valence-corrected chi connectivity index (χ1v) is 8.94. The average molecular weight is 278 g/mol. The Labute approximate surface area is 123 Å². The fourth-order valence-electron chi connectivity index (χ4n) is 5.26. The normalized spacial score (nSPS) is 45.8. The summed E-state index contributed by atoms with van der Waals surface area (Å²) in [4.78, 5) is 2.84. The van der Waals surface area contributed by atoms with Gasteiger partial charge in [-0.3, -0.25) is 4.90 Å². The molecule has 1 heterocycles. The van der Waals surface area contributed by atoms with Crippen LogP contribution in [0.2, 0.25) is 0 Å². The molecular weight excluding hydrogens is 248 g/mol. The van der Waals surface area contributed by atoms with Crippen LogP contribution in [-0.2, 0) is 0 Å². The van der Waals surface area contributed by atoms with Gasteiger partial charge in [-0.15, -0.1) is 0 Å². The summed E-state index contributed by atoms with van der Waals surface area (Å²) in [7, 11) is 0. The van der Waals surface area contributed by atoms with Crippen molar-refractivity contribution in [2.75, 3.05) is 13.2 Å². The molecule has 1 aliphatic heterocycles. The number of nitrogens with zero attached hydrogens (tertiary/aromatic N) is 1. The van der Waals surface area contributed by atoms with Crippen LogP contribution >= 0.6 is 0 Å². The Bertz CT molecular complexity index is 357. The molecule has 3 heteroatoms. The monoisotopic (exact) mass is 278 g/mol. The molecule has 4 atom stereocenters. The molecule has 0 aromatic carbocycles. The zero-order valence-corrected chi connectivity index (χ0v) is 12.7. The van der Waals surface area contributed by atoms with E-state index in [1.54, 1.807) is 0 Å². The van der Waals surface area contributed by atoms with Gasteiger partial charge in [0, 0.05) is 23.7 Å². The van der Waals surface area contributed by atoms with E-state index in [2.05, 4.69) is 10.2 Å². The third-order valence-corrected chi connectivity index (χ3v) is 6.49. The third kappa shape index (κ3) is 2.42. The van der Waals surface area contributed by atoms with E-state index in [9.17, 15) is 5.11 Å². The highest BCUT2D eigenvalue weighted by Crippen LogP contribution is 2.43. The van der Waals surface area contributed by atoms with E-state index in [4.69, 9.17) is 0 Å². The van der Waals surface area contributed by atoms with E-state index in [0.29, 0.717) is 12.6 Å². The molecule has 4 rings (SSSR count). The highest BCUT2D eigenvalue weighted by atomic mass is 16.3. The van der Waals surface area contributed by atoms with E-state index in [1.807, 2.05) is 0 Å². The molecule has 1 saturated heterocycles. The molecule has 4 aliphatic rings. The molecule has 4 fully saturated rings. The Kier molecular flexibility index (Phi) is 3.56. The summed E-state index contributed by atoms with van der Waals surface area (Å²) >= 11 is 0. The van der Waals surface area contributed by atoms with E-state index in [0.717, 1.165) is 18.0 Å². The summed E-state index contributed by atoms with van der Waals surface area (Å²) in [5, 5.41) is 13.7. The summed E-state index contributed by atoms with van der Waals surface area (Å²) in [5.74, 6) is 0.990. The van der Waals surface area contributed by atoms with E-state index >= 15 is 0 Å². The smallest absolute Gasteiger partial charge is 0.0614 e. The molecule has 4 unspecified atom stereocenters. The zero-order valence-electron chi connectivity index (χ0n) is 12.7. The predicted molar refractivity (Wildman–Crippen MR) is 80.7 cm³/mol. The van der Waals surface area contributed by atoms with Gasteiger partial charge in [0.25, 0.3) is 0 Å². The van der Waals surface area contributed by atoms with Crippen LogP contribution in [0.4, 0.5) is 0 Å². The van der Waals surface area contributed by atoms with Gasteiger partial charge in [0.2, 0.25) is 0 Å². The molecule has 114 valence electrons. The highest BCUT2D eigenvalue weighted by Gasteiger charge is 2.47. The Morgan fingerprint density at radius 1 is 1.05 bits per heavy atom. The molecule has 0 spiro atoms.